The normalized spacial score (nSPS) is 10.7. The number of aliphatic imine (C=N–C) groups is 1. The molecule has 0 atom stereocenters. The highest BCUT2D eigenvalue weighted by Gasteiger charge is 2.03. The third-order valence-electron chi connectivity index (χ3n) is 3.66. The highest BCUT2D eigenvalue weighted by Crippen LogP contribution is 2.18. The molecule has 0 aliphatic carbocycles. The molecule has 0 radical (unpaired) electrons. The Morgan fingerprint density at radius 3 is 2.29 bits per heavy atom. The third kappa shape index (κ3) is 9.41. The van der Waals surface area contributed by atoms with E-state index in [1.807, 2.05) is 18.2 Å². The number of hydrogen-bond donors (Lipinski definition) is 3. The Balaban J connectivity index is 0.00000392. The van der Waals surface area contributed by atoms with Gasteiger partial charge in [0.1, 0.15) is 5.82 Å². The molecule has 1 amide bonds. The number of hydrogen-bond acceptors (Lipinski definition) is 3. The van der Waals surface area contributed by atoms with E-state index in [0.29, 0.717) is 24.6 Å². The van der Waals surface area contributed by atoms with Crippen LogP contribution in [0.25, 0.3) is 0 Å². The summed E-state index contributed by atoms with van der Waals surface area (Å²) in [5.74, 6) is 1.34. The SMILES string of the molecule is CN=C(NCCCSc1ccc(F)cc1)NCCNC(=O)c1ccccc1.I. The number of thioether (sulfide) groups is 1. The van der Waals surface area contributed by atoms with Crippen LogP contribution in [0, 0.1) is 5.82 Å². The monoisotopic (exact) mass is 516 g/mol. The van der Waals surface area contributed by atoms with Crippen molar-refractivity contribution in [3.8, 4) is 0 Å². The van der Waals surface area contributed by atoms with Gasteiger partial charge in [0.2, 0.25) is 0 Å². The van der Waals surface area contributed by atoms with Crippen molar-refractivity contribution in [2.24, 2.45) is 4.99 Å². The Hall–Kier alpha value is -1.81. The van der Waals surface area contributed by atoms with Gasteiger partial charge in [-0.1, -0.05) is 18.2 Å². The average molecular weight is 516 g/mol. The van der Waals surface area contributed by atoms with Gasteiger partial charge in [-0.2, -0.15) is 0 Å². The zero-order valence-electron chi connectivity index (χ0n) is 15.8. The summed E-state index contributed by atoms with van der Waals surface area (Å²) in [5, 5.41) is 9.27. The van der Waals surface area contributed by atoms with Gasteiger partial charge in [-0.3, -0.25) is 9.79 Å². The van der Waals surface area contributed by atoms with Crippen molar-refractivity contribution in [2.45, 2.75) is 11.3 Å². The van der Waals surface area contributed by atoms with Gasteiger partial charge in [0.25, 0.3) is 5.91 Å². The van der Waals surface area contributed by atoms with Crippen LogP contribution in [0.5, 0.6) is 0 Å². The van der Waals surface area contributed by atoms with E-state index in [2.05, 4.69) is 20.9 Å². The largest absolute Gasteiger partial charge is 0.356 e. The van der Waals surface area contributed by atoms with Crippen LogP contribution in [0.1, 0.15) is 16.8 Å². The average Bonchev–Trinajstić information content (AvgIpc) is 2.71. The van der Waals surface area contributed by atoms with Crippen LogP contribution in [0.2, 0.25) is 0 Å². The van der Waals surface area contributed by atoms with Crippen LogP contribution in [0.3, 0.4) is 0 Å². The summed E-state index contributed by atoms with van der Waals surface area (Å²) >= 11 is 1.70. The van der Waals surface area contributed by atoms with Gasteiger partial charge >= 0.3 is 0 Å². The highest BCUT2D eigenvalue weighted by molar-refractivity contribution is 14.0. The minimum absolute atomic E-state index is 0. The van der Waals surface area contributed by atoms with Gasteiger partial charge in [-0.15, -0.1) is 35.7 Å². The molecule has 2 rings (SSSR count). The molecule has 2 aromatic carbocycles. The second kappa shape index (κ2) is 14.2. The Morgan fingerprint density at radius 1 is 0.964 bits per heavy atom. The third-order valence-corrected chi connectivity index (χ3v) is 4.76. The fourth-order valence-corrected chi connectivity index (χ4v) is 3.12. The predicted octanol–water partition coefficient (Wildman–Crippen LogP) is 3.52. The van der Waals surface area contributed by atoms with Gasteiger partial charge in [-0.05, 0) is 48.6 Å². The molecule has 0 unspecified atom stereocenters. The fraction of sp³-hybridized carbons (Fsp3) is 0.300. The predicted molar refractivity (Wildman–Crippen MR) is 125 cm³/mol. The zero-order valence-corrected chi connectivity index (χ0v) is 18.9. The summed E-state index contributed by atoms with van der Waals surface area (Å²) in [6.07, 6.45) is 0.952. The van der Waals surface area contributed by atoms with E-state index >= 15 is 0 Å². The fourth-order valence-electron chi connectivity index (χ4n) is 2.27. The molecule has 3 N–H and O–H groups in total. The van der Waals surface area contributed by atoms with E-state index in [0.717, 1.165) is 23.6 Å². The Bertz CT molecular complexity index is 729. The van der Waals surface area contributed by atoms with Crippen molar-refractivity contribution in [2.75, 3.05) is 32.4 Å². The smallest absolute Gasteiger partial charge is 0.251 e. The number of nitrogens with one attached hydrogen (secondary N) is 3. The summed E-state index contributed by atoms with van der Waals surface area (Å²) in [6, 6.07) is 15.7. The minimum Gasteiger partial charge on any atom is -0.356 e. The van der Waals surface area contributed by atoms with Crippen molar-refractivity contribution < 1.29 is 9.18 Å². The highest BCUT2D eigenvalue weighted by atomic mass is 127. The molecule has 0 aliphatic heterocycles. The molecule has 2 aromatic rings. The number of rotatable bonds is 9. The van der Waals surface area contributed by atoms with Gasteiger partial charge in [0.05, 0.1) is 0 Å². The van der Waals surface area contributed by atoms with Crippen molar-refractivity contribution in [1.82, 2.24) is 16.0 Å². The van der Waals surface area contributed by atoms with Gasteiger partial charge in [0, 0.05) is 37.1 Å². The van der Waals surface area contributed by atoms with Gasteiger partial charge in [0.15, 0.2) is 5.96 Å². The second-order valence-corrected chi connectivity index (χ2v) is 6.87. The molecule has 0 bridgehead atoms. The molecule has 0 fully saturated rings. The molecule has 0 saturated heterocycles. The Morgan fingerprint density at radius 2 is 1.61 bits per heavy atom. The number of carbonyl (C=O) groups is 1. The number of benzene rings is 2. The van der Waals surface area contributed by atoms with Crippen LogP contribution < -0.4 is 16.0 Å². The Labute approximate surface area is 187 Å². The lowest BCUT2D eigenvalue weighted by Crippen LogP contribution is -2.41. The van der Waals surface area contributed by atoms with Crippen molar-refractivity contribution in [3.63, 3.8) is 0 Å². The first kappa shape index (κ1) is 24.2. The van der Waals surface area contributed by atoms with E-state index < -0.39 is 0 Å². The van der Waals surface area contributed by atoms with E-state index in [-0.39, 0.29) is 35.7 Å². The summed E-state index contributed by atoms with van der Waals surface area (Å²) in [6.45, 7) is 1.88. The summed E-state index contributed by atoms with van der Waals surface area (Å²) in [5.41, 5.74) is 0.652. The topological polar surface area (TPSA) is 65.5 Å². The maximum Gasteiger partial charge on any atom is 0.251 e. The maximum atomic E-state index is 12.9. The molecule has 0 heterocycles. The van der Waals surface area contributed by atoms with Gasteiger partial charge < -0.3 is 16.0 Å². The van der Waals surface area contributed by atoms with Crippen LogP contribution in [0.4, 0.5) is 4.39 Å². The summed E-state index contributed by atoms with van der Waals surface area (Å²) in [7, 11) is 1.71. The van der Waals surface area contributed by atoms with Crippen molar-refractivity contribution in [3.05, 3.63) is 66.0 Å². The van der Waals surface area contributed by atoms with Gasteiger partial charge in [-0.25, -0.2) is 4.39 Å². The van der Waals surface area contributed by atoms with Crippen LogP contribution in [0.15, 0.2) is 64.5 Å². The number of guanidine groups is 1. The molecule has 8 heteroatoms. The quantitative estimate of drug-likeness (QED) is 0.157. The first-order valence-electron chi connectivity index (χ1n) is 8.85. The Kier molecular flexibility index (Phi) is 12.3. The minimum atomic E-state index is -0.212. The standard InChI is InChI=1S/C20H25FN4OS.HI/c1-22-20(24-12-5-15-27-18-10-8-17(21)9-11-18)25-14-13-23-19(26)16-6-3-2-4-7-16;/h2-4,6-11H,5,12-15H2,1H3,(H,23,26)(H2,22,24,25);1H. The second-order valence-electron chi connectivity index (χ2n) is 5.70. The first-order valence-corrected chi connectivity index (χ1v) is 9.84. The molecule has 0 aliphatic rings. The van der Waals surface area contributed by atoms with Crippen LogP contribution in [-0.2, 0) is 0 Å². The maximum absolute atomic E-state index is 12.9. The lowest BCUT2D eigenvalue weighted by Gasteiger charge is -2.12. The number of carbonyl (C=O) groups excluding carboxylic acids is 1. The first-order chi connectivity index (χ1) is 13.2. The van der Waals surface area contributed by atoms with E-state index in [4.69, 9.17) is 0 Å². The summed E-state index contributed by atoms with van der Waals surface area (Å²) < 4.78 is 12.9. The molecule has 0 aromatic heterocycles. The van der Waals surface area contributed by atoms with Crippen LogP contribution >= 0.6 is 35.7 Å². The molecule has 5 nitrogen and oxygen atoms in total. The molecular formula is C20H26FIN4OS. The number of amides is 1. The van der Waals surface area contributed by atoms with E-state index in [9.17, 15) is 9.18 Å². The molecular weight excluding hydrogens is 490 g/mol. The lowest BCUT2D eigenvalue weighted by molar-refractivity contribution is 0.0954. The van der Waals surface area contributed by atoms with E-state index in [1.54, 1.807) is 43.1 Å². The number of halogens is 2. The van der Waals surface area contributed by atoms with Crippen molar-refractivity contribution in [1.29, 1.82) is 0 Å². The zero-order chi connectivity index (χ0) is 19.3. The molecule has 0 saturated carbocycles. The summed E-state index contributed by atoms with van der Waals surface area (Å²) in [4.78, 5) is 17.2. The lowest BCUT2D eigenvalue weighted by atomic mass is 10.2. The molecule has 0 spiro atoms. The molecule has 152 valence electrons. The number of nitrogens with zero attached hydrogens (tertiary/aromatic N) is 1. The van der Waals surface area contributed by atoms with E-state index in [1.165, 1.54) is 12.1 Å². The van der Waals surface area contributed by atoms with Crippen molar-refractivity contribution >= 4 is 47.6 Å². The van der Waals surface area contributed by atoms with Crippen LogP contribution in [-0.4, -0.2) is 44.3 Å². The molecule has 28 heavy (non-hydrogen) atoms.